The van der Waals surface area contributed by atoms with Gasteiger partial charge in [-0.05, 0) is 47.9 Å². The molecule has 2 aromatic rings. The number of carbonyl (C=O) groups is 2. The lowest BCUT2D eigenvalue weighted by atomic mass is 9.52. The van der Waals surface area contributed by atoms with Crippen molar-refractivity contribution >= 4 is 11.6 Å². The number of ketones is 2. The van der Waals surface area contributed by atoms with Crippen molar-refractivity contribution in [2.75, 3.05) is 7.11 Å². The fourth-order valence-electron chi connectivity index (χ4n) is 8.45. The van der Waals surface area contributed by atoms with E-state index in [9.17, 15) is 9.59 Å². The summed E-state index contributed by atoms with van der Waals surface area (Å²) < 4.78 is 5.42. The summed E-state index contributed by atoms with van der Waals surface area (Å²) in [5.41, 5.74) is 1.58. The molecule has 3 saturated carbocycles. The number of methoxy groups -OCH3 is 1. The molecule has 33 heavy (non-hydrogen) atoms. The zero-order valence-electron chi connectivity index (χ0n) is 19.6. The standard InChI is InChI=1S/C30H32O3/c1-28-14-6-7-15-29(28)16-17-30(28,22-10-12-23(33-2)13-11-22)25-24(31)19-21(27(32)26(25)29)18-20-8-4-3-5-9-20/h3-5,8-13,16-17,21,25-26H,6-7,14-15,18-19H2,1-2H3/t21-,25-,26-,28+,29-,30-/m1/s1. The third-order valence-corrected chi connectivity index (χ3v) is 9.88. The van der Waals surface area contributed by atoms with Gasteiger partial charge in [-0.2, -0.15) is 0 Å². The van der Waals surface area contributed by atoms with Gasteiger partial charge < -0.3 is 4.74 Å². The average Bonchev–Trinajstić information content (AvgIpc) is 3.23. The van der Waals surface area contributed by atoms with E-state index in [2.05, 4.69) is 43.3 Å². The van der Waals surface area contributed by atoms with Crippen LogP contribution in [0, 0.1) is 28.6 Å². The van der Waals surface area contributed by atoms with Crippen LogP contribution in [-0.4, -0.2) is 18.7 Å². The van der Waals surface area contributed by atoms with Gasteiger partial charge in [0.1, 0.15) is 17.3 Å². The predicted octanol–water partition coefficient (Wildman–Crippen LogP) is 5.72. The van der Waals surface area contributed by atoms with E-state index in [1.807, 2.05) is 30.3 Å². The summed E-state index contributed by atoms with van der Waals surface area (Å²) in [4.78, 5) is 28.2. The molecule has 0 spiro atoms. The monoisotopic (exact) mass is 440 g/mol. The predicted molar refractivity (Wildman–Crippen MR) is 128 cm³/mol. The smallest absolute Gasteiger partial charge is 0.141 e. The van der Waals surface area contributed by atoms with Crippen molar-refractivity contribution in [2.45, 2.75) is 50.9 Å². The molecule has 0 aliphatic heterocycles. The summed E-state index contributed by atoms with van der Waals surface area (Å²) in [5, 5.41) is 0. The number of benzene rings is 2. The first-order valence-corrected chi connectivity index (χ1v) is 12.4. The number of rotatable bonds is 4. The van der Waals surface area contributed by atoms with Crippen LogP contribution in [0.15, 0.2) is 66.7 Å². The molecular formula is C30H32O3. The van der Waals surface area contributed by atoms with Crippen LogP contribution >= 0.6 is 0 Å². The third-order valence-electron chi connectivity index (χ3n) is 9.88. The highest BCUT2D eigenvalue weighted by atomic mass is 16.5. The van der Waals surface area contributed by atoms with Gasteiger partial charge in [-0.1, -0.05) is 74.4 Å². The van der Waals surface area contributed by atoms with Crippen LogP contribution in [0.2, 0.25) is 0 Å². The molecule has 0 saturated heterocycles. The second-order valence-electron chi connectivity index (χ2n) is 10.9. The largest absolute Gasteiger partial charge is 0.497 e. The van der Waals surface area contributed by atoms with E-state index < -0.39 is 5.41 Å². The van der Waals surface area contributed by atoms with E-state index >= 15 is 0 Å². The molecule has 0 aromatic heterocycles. The van der Waals surface area contributed by atoms with Gasteiger partial charge in [-0.3, -0.25) is 9.59 Å². The van der Waals surface area contributed by atoms with Crippen LogP contribution in [0.25, 0.3) is 0 Å². The maximum Gasteiger partial charge on any atom is 0.141 e. The summed E-state index contributed by atoms with van der Waals surface area (Å²) in [5.74, 6) is 0.776. The topological polar surface area (TPSA) is 43.4 Å². The van der Waals surface area contributed by atoms with Gasteiger partial charge in [0.15, 0.2) is 0 Å². The number of ether oxygens (including phenoxy) is 1. The lowest BCUT2D eigenvalue weighted by Crippen LogP contribution is -2.50. The summed E-state index contributed by atoms with van der Waals surface area (Å²) in [6, 6.07) is 18.5. The molecule has 4 aliphatic rings. The molecule has 0 amide bonds. The van der Waals surface area contributed by atoms with Gasteiger partial charge in [0.2, 0.25) is 0 Å². The van der Waals surface area contributed by atoms with Crippen molar-refractivity contribution in [3.63, 3.8) is 0 Å². The van der Waals surface area contributed by atoms with Crippen molar-refractivity contribution in [3.05, 3.63) is 77.9 Å². The van der Waals surface area contributed by atoms with Crippen molar-refractivity contribution in [3.8, 4) is 5.75 Å². The zero-order valence-corrected chi connectivity index (χ0v) is 19.6. The minimum atomic E-state index is -0.408. The van der Waals surface area contributed by atoms with Gasteiger partial charge >= 0.3 is 0 Å². The fraction of sp³-hybridized carbons (Fsp3) is 0.467. The number of allylic oxidation sites excluding steroid dienone is 2. The van der Waals surface area contributed by atoms with Crippen LogP contribution in [0.3, 0.4) is 0 Å². The summed E-state index contributed by atoms with van der Waals surface area (Å²) in [6.45, 7) is 2.38. The Balaban J connectivity index is 1.48. The fourth-order valence-corrected chi connectivity index (χ4v) is 8.45. The number of fused-ring (bicyclic) bond motifs is 2. The molecule has 2 aromatic carbocycles. The molecule has 0 N–H and O–H groups in total. The molecule has 3 fully saturated rings. The van der Waals surface area contributed by atoms with E-state index in [0.29, 0.717) is 18.6 Å². The molecule has 0 radical (unpaired) electrons. The van der Waals surface area contributed by atoms with Crippen LogP contribution in [0.1, 0.15) is 50.2 Å². The minimum Gasteiger partial charge on any atom is -0.497 e. The summed E-state index contributed by atoms with van der Waals surface area (Å²) in [6.07, 6.45) is 10.1. The van der Waals surface area contributed by atoms with Crippen molar-refractivity contribution in [2.24, 2.45) is 28.6 Å². The van der Waals surface area contributed by atoms with E-state index in [4.69, 9.17) is 4.74 Å². The second-order valence-corrected chi connectivity index (χ2v) is 10.9. The van der Waals surface area contributed by atoms with E-state index in [1.54, 1.807) is 7.11 Å². The maximum atomic E-state index is 14.2. The number of hydrogen-bond donors (Lipinski definition) is 0. The van der Waals surface area contributed by atoms with E-state index in [-0.39, 0.29) is 34.4 Å². The molecule has 2 bridgehead atoms. The molecule has 170 valence electrons. The van der Waals surface area contributed by atoms with Gasteiger partial charge in [-0.15, -0.1) is 0 Å². The number of Topliss-reactive ketones (excluding diaryl/α,β-unsaturated/α-hetero) is 2. The highest BCUT2D eigenvalue weighted by Gasteiger charge is 2.79. The summed E-state index contributed by atoms with van der Waals surface area (Å²) >= 11 is 0. The average molecular weight is 441 g/mol. The maximum absolute atomic E-state index is 14.2. The molecule has 3 nitrogen and oxygen atoms in total. The third kappa shape index (κ3) is 2.51. The molecule has 6 rings (SSSR count). The minimum absolute atomic E-state index is 0.116. The SMILES string of the molecule is COc1ccc([C@@]23C=C[C@]4(CCCC[C@@]42C)[C@H]2C(=O)[C@H](Cc4ccccc4)CC(=O)[C@H]23)cc1. The van der Waals surface area contributed by atoms with Gasteiger partial charge in [-0.25, -0.2) is 0 Å². The van der Waals surface area contributed by atoms with Crippen LogP contribution in [0.5, 0.6) is 5.75 Å². The Kier molecular flexibility index (Phi) is 4.53. The normalized spacial score (nSPS) is 38.8. The first-order chi connectivity index (χ1) is 16.0. The Hall–Kier alpha value is -2.68. The van der Waals surface area contributed by atoms with Crippen LogP contribution in [-0.2, 0) is 21.4 Å². The Bertz CT molecular complexity index is 1130. The van der Waals surface area contributed by atoms with Gasteiger partial charge in [0, 0.05) is 35.0 Å². The van der Waals surface area contributed by atoms with Crippen molar-refractivity contribution in [1.29, 1.82) is 0 Å². The highest BCUT2D eigenvalue weighted by molar-refractivity contribution is 6.01. The Morgan fingerprint density at radius 2 is 1.64 bits per heavy atom. The lowest BCUT2D eigenvalue weighted by Gasteiger charge is -2.50. The molecular weight excluding hydrogens is 408 g/mol. The lowest BCUT2D eigenvalue weighted by molar-refractivity contribution is -0.145. The highest BCUT2D eigenvalue weighted by Crippen LogP contribution is 2.79. The molecule has 4 aliphatic carbocycles. The molecule has 3 heteroatoms. The number of carbonyl (C=O) groups excluding carboxylic acids is 2. The molecule has 0 unspecified atom stereocenters. The van der Waals surface area contributed by atoms with Crippen molar-refractivity contribution < 1.29 is 14.3 Å². The second kappa shape index (κ2) is 7.16. The van der Waals surface area contributed by atoms with E-state index in [0.717, 1.165) is 37.0 Å². The number of hydrogen-bond acceptors (Lipinski definition) is 3. The quantitative estimate of drug-likeness (QED) is 0.572. The van der Waals surface area contributed by atoms with Crippen LogP contribution < -0.4 is 4.74 Å². The molecule has 0 heterocycles. The Morgan fingerprint density at radius 1 is 0.909 bits per heavy atom. The first kappa shape index (κ1) is 20.9. The summed E-state index contributed by atoms with van der Waals surface area (Å²) in [7, 11) is 1.68. The Labute approximate surface area is 196 Å². The Morgan fingerprint density at radius 3 is 2.36 bits per heavy atom. The van der Waals surface area contributed by atoms with Crippen LogP contribution in [0.4, 0.5) is 0 Å². The zero-order chi connectivity index (χ0) is 22.8. The molecule has 6 atom stereocenters. The first-order valence-electron chi connectivity index (χ1n) is 12.4. The van der Waals surface area contributed by atoms with E-state index in [1.165, 1.54) is 5.56 Å². The van der Waals surface area contributed by atoms with Gasteiger partial charge in [0.25, 0.3) is 0 Å². The van der Waals surface area contributed by atoms with Crippen molar-refractivity contribution in [1.82, 2.24) is 0 Å². The van der Waals surface area contributed by atoms with Gasteiger partial charge in [0.05, 0.1) is 7.11 Å².